The number of nitrogens with zero attached hydrogens (tertiary/aromatic N) is 1. The van der Waals surface area contributed by atoms with E-state index in [2.05, 4.69) is 15.5 Å². The summed E-state index contributed by atoms with van der Waals surface area (Å²) >= 11 is 0. The first-order chi connectivity index (χ1) is 9.86. The molecule has 1 heterocycles. The molecule has 0 radical (unpaired) electrons. The predicted octanol–water partition coefficient (Wildman–Crippen LogP) is 3.63. The van der Waals surface area contributed by atoms with Gasteiger partial charge in [0.15, 0.2) is 6.29 Å². The van der Waals surface area contributed by atoms with Gasteiger partial charge in [-0.05, 0) is 24.3 Å². The molecule has 1 aromatic heterocycles. The van der Waals surface area contributed by atoms with Crippen LogP contribution >= 0.6 is 0 Å². The summed E-state index contributed by atoms with van der Waals surface area (Å²) in [5.41, 5.74) is 4.11. The van der Waals surface area contributed by atoms with Crippen molar-refractivity contribution in [2.75, 3.05) is 5.32 Å². The number of carbonyl (C=O) groups excluding carboxylic acids is 1. The third kappa shape index (κ3) is 2.44. The van der Waals surface area contributed by atoms with Crippen molar-refractivity contribution >= 4 is 17.7 Å². The molecule has 0 unspecified atom stereocenters. The van der Waals surface area contributed by atoms with E-state index in [4.69, 9.17) is 0 Å². The second kappa shape index (κ2) is 5.40. The lowest BCUT2D eigenvalue weighted by atomic mass is 10.1. The number of H-pyrrole nitrogens is 1. The molecular formula is C16H13N3O. The number of hydrogen-bond donors (Lipinski definition) is 2. The van der Waals surface area contributed by atoms with Gasteiger partial charge in [0.1, 0.15) is 0 Å². The van der Waals surface area contributed by atoms with Crippen molar-refractivity contribution in [2.24, 2.45) is 0 Å². The minimum atomic E-state index is 0.467. The van der Waals surface area contributed by atoms with E-state index in [9.17, 15) is 4.79 Å². The van der Waals surface area contributed by atoms with Crippen LogP contribution in [-0.4, -0.2) is 16.5 Å². The highest BCUT2D eigenvalue weighted by Gasteiger charge is 2.08. The molecule has 0 aliphatic rings. The van der Waals surface area contributed by atoms with E-state index < -0.39 is 0 Å². The third-order valence-electron chi connectivity index (χ3n) is 2.98. The second-order valence-electron chi connectivity index (χ2n) is 4.36. The Morgan fingerprint density at radius 1 is 1.00 bits per heavy atom. The fraction of sp³-hybridized carbons (Fsp3) is 0. The van der Waals surface area contributed by atoms with Crippen molar-refractivity contribution in [3.63, 3.8) is 0 Å². The monoisotopic (exact) mass is 263 g/mol. The lowest BCUT2D eigenvalue weighted by molar-refractivity contribution is 0.111. The summed E-state index contributed by atoms with van der Waals surface area (Å²) in [6, 6.07) is 19.5. The van der Waals surface area contributed by atoms with Gasteiger partial charge in [-0.25, -0.2) is 0 Å². The summed E-state index contributed by atoms with van der Waals surface area (Å²) in [7, 11) is 0. The molecule has 3 aromatic rings. The molecule has 0 aliphatic heterocycles. The van der Waals surface area contributed by atoms with Crippen molar-refractivity contribution in [3.05, 3.63) is 66.4 Å². The molecule has 0 bridgehead atoms. The highest BCUT2D eigenvalue weighted by Crippen LogP contribution is 2.28. The third-order valence-corrected chi connectivity index (χ3v) is 2.98. The van der Waals surface area contributed by atoms with Crippen LogP contribution in [0.25, 0.3) is 11.3 Å². The number of hydrogen-bond acceptors (Lipinski definition) is 3. The van der Waals surface area contributed by atoms with Crippen LogP contribution < -0.4 is 5.32 Å². The Labute approximate surface area is 116 Å². The second-order valence-corrected chi connectivity index (χ2v) is 4.36. The Morgan fingerprint density at radius 2 is 1.75 bits per heavy atom. The zero-order valence-corrected chi connectivity index (χ0v) is 10.7. The van der Waals surface area contributed by atoms with E-state index in [0.29, 0.717) is 5.69 Å². The van der Waals surface area contributed by atoms with Crippen LogP contribution in [0.2, 0.25) is 0 Å². The fourth-order valence-corrected chi connectivity index (χ4v) is 2.03. The number of nitrogens with one attached hydrogen (secondary N) is 2. The zero-order chi connectivity index (χ0) is 13.8. The van der Waals surface area contributed by atoms with Crippen molar-refractivity contribution in [1.82, 2.24) is 10.2 Å². The van der Waals surface area contributed by atoms with Crippen LogP contribution in [0.3, 0.4) is 0 Å². The van der Waals surface area contributed by atoms with Gasteiger partial charge in [0, 0.05) is 16.9 Å². The van der Waals surface area contributed by atoms with Crippen LogP contribution in [0.15, 0.2) is 60.7 Å². The Hall–Kier alpha value is -2.88. The van der Waals surface area contributed by atoms with E-state index in [1.807, 2.05) is 54.6 Å². The number of aldehydes is 1. The molecule has 0 aliphatic carbocycles. The molecule has 0 saturated carbocycles. The Bertz CT molecular complexity index is 719. The van der Waals surface area contributed by atoms with Gasteiger partial charge in [-0.3, -0.25) is 9.89 Å². The first-order valence-corrected chi connectivity index (χ1v) is 6.29. The van der Waals surface area contributed by atoms with E-state index in [1.54, 1.807) is 6.07 Å². The zero-order valence-electron chi connectivity index (χ0n) is 10.7. The smallest absolute Gasteiger partial charge is 0.167 e. The first kappa shape index (κ1) is 12.2. The number of aromatic nitrogens is 2. The van der Waals surface area contributed by atoms with Crippen molar-refractivity contribution in [1.29, 1.82) is 0 Å². The van der Waals surface area contributed by atoms with Gasteiger partial charge >= 0.3 is 0 Å². The molecule has 0 amide bonds. The molecule has 4 heteroatoms. The first-order valence-electron chi connectivity index (χ1n) is 6.29. The maximum absolute atomic E-state index is 10.7. The molecule has 4 nitrogen and oxygen atoms in total. The van der Waals surface area contributed by atoms with Gasteiger partial charge in [0.2, 0.25) is 0 Å². The molecule has 20 heavy (non-hydrogen) atoms. The lowest BCUT2D eigenvalue weighted by Gasteiger charge is -2.10. The molecule has 3 rings (SSSR count). The van der Waals surface area contributed by atoms with Crippen LogP contribution in [-0.2, 0) is 0 Å². The number of rotatable bonds is 4. The van der Waals surface area contributed by atoms with Crippen molar-refractivity contribution in [3.8, 4) is 11.3 Å². The minimum absolute atomic E-state index is 0.467. The summed E-state index contributed by atoms with van der Waals surface area (Å²) in [6.45, 7) is 0. The average molecular weight is 263 g/mol. The number of aromatic amines is 1. The molecule has 0 saturated heterocycles. The van der Waals surface area contributed by atoms with Crippen LogP contribution in [0, 0.1) is 0 Å². The molecule has 0 fully saturated rings. The van der Waals surface area contributed by atoms with Gasteiger partial charge in [-0.1, -0.05) is 36.4 Å². The summed E-state index contributed by atoms with van der Waals surface area (Å²) < 4.78 is 0. The molecule has 0 atom stereocenters. The van der Waals surface area contributed by atoms with Gasteiger partial charge in [0.25, 0.3) is 0 Å². The maximum atomic E-state index is 10.7. The predicted molar refractivity (Wildman–Crippen MR) is 79.1 cm³/mol. The van der Waals surface area contributed by atoms with E-state index >= 15 is 0 Å². The summed E-state index contributed by atoms with van der Waals surface area (Å²) in [5, 5.41) is 10.2. The maximum Gasteiger partial charge on any atom is 0.167 e. The largest absolute Gasteiger partial charge is 0.355 e. The van der Waals surface area contributed by atoms with Crippen LogP contribution in [0.5, 0.6) is 0 Å². The molecule has 2 N–H and O–H groups in total. The van der Waals surface area contributed by atoms with Crippen molar-refractivity contribution in [2.45, 2.75) is 0 Å². The molecule has 0 spiro atoms. The molecular weight excluding hydrogens is 250 g/mol. The number of para-hydroxylation sites is 2. The van der Waals surface area contributed by atoms with Gasteiger partial charge in [-0.15, -0.1) is 0 Å². The quantitative estimate of drug-likeness (QED) is 0.707. The van der Waals surface area contributed by atoms with E-state index in [-0.39, 0.29) is 0 Å². The Balaban J connectivity index is 1.98. The molecule has 2 aromatic carbocycles. The Kier molecular flexibility index (Phi) is 3.29. The van der Waals surface area contributed by atoms with E-state index in [0.717, 1.165) is 28.9 Å². The standard InChI is InChI=1S/C16H13N3O/c20-11-13-10-16(19-18-13)14-8-4-5-9-15(14)17-12-6-2-1-3-7-12/h1-11,17H,(H,18,19). The fourth-order valence-electron chi connectivity index (χ4n) is 2.03. The van der Waals surface area contributed by atoms with E-state index in [1.165, 1.54) is 0 Å². The van der Waals surface area contributed by atoms with Gasteiger partial charge in [-0.2, -0.15) is 5.10 Å². The number of carbonyl (C=O) groups is 1. The van der Waals surface area contributed by atoms with Gasteiger partial charge in [0.05, 0.1) is 11.4 Å². The summed E-state index contributed by atoms with van der Waals surface area (Å²) in [4.78, 5) is 10.7. The van der Waals surface area contributed by atoms with Crippen molar-refractivity contribution < 1.29 is 4.79 Å². The average Bonchev–Trinajstić information content (AvgIpc) is 2.98. The molecule has 98 valence electrons. The highest BCUT2D eigenvalue weighted by molar-refractivity contribution is 5.82. The summed E-state index contributed by atoms with van der Waals surface area (Å²) in [5.74, 6) is 0. The minimum Gasteiger partial charge on any atom is -0.355 e. The highest BCUT2D eigenvalue weighted by atomic mass is 16.1. The lowest BCUT2D eigenvalue weighted by Crippen LogP contribution is -1.92. The van der Waals surface area contributed by atoms with Gasteiger partial charge < -0.3 is 5.32 Å². The topological polar surface area (TPSA) is 57.8 Å². The van der Waals surface area contributed by atoms with Crippen LogP contribution in [0.4, 0.5) is 11.4 Å². The Morgan fingerprint density at radius 3 is 2.50 bits per heavy atom. The summed E-state index contributed by atoms with van der Waals surface area (Å²) in [6.07, 6.45) is 0.754. The number of anilines is 2. The normalized spacial score (nSPS) is 10.2. The SMILES string of the molecule is O=Cc1cc(-c2ccccc2Nc2ccccc2)n[nH]1. The van der Waals surface area contributed by atoms with Crippen LogP contribution in [0.1, 0.15) is 10.5 Å². The number of benzene rings is 2.